The Morgan fingerprint density at radius 1 is 1.07 bits per heavy atom. The van der Waals surface area contributed by atoms with E-state index in [0.29, 0.717) is 23.2 Å². The maximum absolute atomic E-state index is 13.4. The van der Waals surface area contributed by atoms with E-state index in [1.165, 1.54) is 0 Å². The van der Waals surface area contributed by atoms with Gasteiger partial charge in [0, 0.05) is 36.2 Å². The van der Waals surface area contributed by atoms with Crippen LogP contribution in [0.25, 0.3) is 16.8 Å². The van der Waals surface area contributed by atoms with Crippen LogP contribution >= 0.6 is 0 Å². The minimum Gasteiger partial charge on any atom is -0.366 e. The highest BCUT2D eigenvalue weighted by Gasteiger charge is 2.28. The van der Waals surface area contributed by atoms with E-state index >= 15 is 0 Å². The average molecular weight is 364 g/mol. The topological polar surface area (TPSA) is 74.9 Å². The van der Waals surface area contributed by atoms with Gasteiger partial charge in [-0.15, -0.1) is 6.58 Å². The number of para-hydroxylation sites is 1. The van der Waals surface area contributed by atoms with Crippen LogP contribution in [0, 0.1) is 20.8 Å². The Bertz CT molecular complexity index is 1100. The number of allylic oxidation sites excluding steroid dienone is 1. The third-order valence-corrected chi connectivity index (χ3v) is 5.15. The van der Waals surface area contributed by atoms with Crippen LogP contribution in [0.3, 0.4) is 0 Å². The number of nitrogens with zero attached hydrogens (tertiary/aromatic N) is 3. The molecule has 0 aliphatic carbocycles. The molecule has 0 saturated carbocycles. The molecule has 0 spiro atoms. The van der Waals surface area contributed by atoms with E-state index in [1.807, 2.05) is 62.7 Å². The lowest BCUT2D eigenvalue weighted by molar-refractivity contribution is 0.1000. The molecule has 3 aromatic rings. The van der Waals surface area contributed by atoms with Crippen LogP contribution in [-0.2, 0) is 13.6 Å². The first kappa shape index (κ1) is 18.5. The smallest absolute Gasteiger partial charge is 0.279 e. The van der Waals surface area contributed by atoms with Crippen molar-refractivity contribution in [2.24, 2.45) is 12.8 Å². The molecule has 0 saturated heterocycles. The summed E-state index contributed by atoms with van der Waals surface area (Å²) >= 11 is 0. The van der Waals surface area contributed by atoms with Gasteiger partial charge in [-0.25, -0.2) is 4.68 Å². The van der Waals surface area contributed by atoms with Gasteiger partial charge >= 0.3 is 0 Å². The molecule has 2 aromatic heterocycles. The van der Waals surface area contributed by atoms with Crippen LogP contribution in [0.1, 0.15) is 27.4 Å². The van der Waals surface area contributed by atoms with Gasteiger partial charge in [-0.1, -0.05) is 24.3 Å². The fourth-order valence-corrected chi connectivity index (χ4v) is 3.75. The molecule has 0 fully saturated rings. The predicted octanol–water partition coefficient (Wildman–Crippen LogP) is 2.85. The Labute approximate surface area is 158 Å². The zero-order chi connectivity index (χ0) is 19.9. The van der Waals surface area contributed by atoms with Crippen LogP contribution in [0.15, 0.2) is 47.8 Å². The second-order valence-electron chi connectivity index (χ2n) is 6.62. The summed E-state index contributed by atoms with van der Waals surface area (Å²) in [6.45, 7) is 9.94. The highest BCUT2D eigenvalue weighted by atomic mass is 16.1. The maximum Gasteiger partial charge on any atom is 0.279 e. The molecular formula is C21H24N4O2. The number of primary amides is 1. The summed E-state index contributed by atoms with van der Waals surface area (Å²) < 4.78 is 5.37. The number of nitrogens with two attached hydrogens (primary N) is 1. The molecule has 2 N–H and O–H groups in total. The lowest BCUT2D eigenvalue weighted by Crippen LogP contribution is -2.20. The number of carbonyl (C=O) groups is 1. The monoisotopic (exact) mass is 364 g/mol. The van der Waals surface area contributed by atoms with Crippen molar-refractivity contribution in [1.82, 2.24) is 13.9 Å². The van der Waals surface area contributed by atoms with Crippen molar-refractivity contribution in [2.75, 3.05) is 0 Å². The SMILES string of the molecule is C=CCn1c(C)c(C(N)=O)c(-c2c(C)n(C)n(-c3ccccc3)c2=O)c1C. The van der Waals surface area contributed by atoms with E-state index in [2.05, 4.69) is 6.58 Å². The quantitative estimate of drug-likeness (QED) is 0.707. The number of rotatable bonds is 5. The largest absolute Gasteiger partial charge is 0.366 e. The van der Waals surface area contributed by atoms with Gasteiger partial charge in [0.25, 0.3) is 11.5 Å². The number of benzene rings is 1. The minimum atomic E-state index is -0.540. The number of hydrogen-bond donors (Lipinski definition) is 1. The molecular weight excluding hydrogens is 340 g/mol. The summed E-state index contributed by atoms with van der Waals surface area (Å²) in [5, 5.41) is 0. The van der Waals surface area contributed by atoms with Gasteiger partial charge in [-0.2, -0.15) is 0 Å². The van der Waals surface area contributed by atoms with Gasteiger partial charge in [-0.3, -0.25) is 14.3 Å². The van der Waals surface area contributed by atoms with Crippen molar-refractivity contribution >= 4 is 5.91 Å². The van der Waals surface area contributed by atoms with Gasteiger partial charge in [0.2, 0.25) is 0 Å². The van der Waals surface area contributed by atoms with E-state index in [0.717, 1.165) is 22.8 Å². The third kappa shape index (κ3) is 2.73. The second-order valence-corrected chi connectivity index (χ2v) is 6.62. The Kier molecular flexibility index (Phi) is 4.66. The Morgan fingerprint density at radius 2 is 1.70 bits per heavy atom. The first-order valence-electron chi connectivity index (χ1n) is 8.76. The number of amides is 1. The zero-order valence-corrected chi connectivity index (χ0v) is 16.1. The van der Waals surface area contributed by atoms with E-state index < -0.39 is 5.91 Å². The molecule has 3 rings (SSSR count). The molecule has 6 nitrogen and oxygen atoms in total. The Hall–Kier alpha value is -3.28. The van der Waals surface area contributed by atoms with Gasteiger partial charge in [0.15, 0.2) is 0 Å². The van der Waals surface area contributed by atoms with Gasteiger partial charge < -0.3 is 10.3 Å². The van der Waals surface area contributed by atoms with E-state index in [-0.39, 0.29) is 5.56 Å². The molecule has 0 aliphatic heterocycles. The summed E-state index contributed by atoms with van der Waals surface area (Å²) in [6, 6.07) is 9.42. The van der Waals surface area contributed by atoms with E-state index in [4.69, 9.17) is 5.73 Å². The van der Waals surface area contributed by atoms with Crippen molar-refractivity contribution in [2.45, 2.75) is 27.3 Å². The molecule has 1 aromatic carbocycles. The van der Waals surface area contributed by atoms with Crippen LogP contribution in [0.4, 0.5) is 0 Å². The van der Waals surface area contributed by atoms with Crippen molar-refractivity contribution in [3.05, 3.63) is 76.0 Å². The summed E-state index contributed by atoms with van der Waals surface area (Å²) in [5.41, 5.74) is 10.1. The normalized spacial score (nSPS) is 11.0. The van der Waals surface area contributed by atoms with Gasteiger partial charge in [-0.05, 0) is 32.9 Å². The maximum atomic E-state index is 13.4. The molecule has 1 amide bonds. The summed E-state index contributed by atoms with van der Waals surface area (Å²) in [6.07, 6.45) is 1.76. The number of carbonyl (C=O) groups excluding carboxylic acids is 1. The lowest BCUT2D eigenvalue weighted by atomic mass is 10.0. The second kappa shape index (κ2) is 6.79. The molecule has 140 valence electrons. The standard InChI is InChI=1S/C21H24N4O2/c1-6-12-24-14(3)17(18(15(24)4)20(22)26)19-13(2)23(5)25(21(19)27)16-10-8-7-9-11-16/h6-11H,1,12H2,2-5H3,(H2,22,26). The minimum absolute atomic E-state index is 0.178. The molecule has 0 unspecified atom stereocenters. The summed E-state index contributed by atoms with van der Waals surface area (Å²) in [5.74, 6) is -0.540. The number of hydrogen-bond acceptors (Lipinski definition) is 2. The first-order chi connectivity index (χ1) is 12.8. The zero-order valence-electron chi connectivity index (χ0n) is 16.1. The highest BCUT2D eigenvalue weighted by Crippen LogP contribution is 2.33. The first-order valence-corrected chi connectivity index (χ1v) is 8.76. The molecule has 27 heavy (non-hydrogen) atoms. The van der Waals surface area contributed by atoms with Crippen molar-refractivity contribution in [3.8, 4) is 16.8 Å². The molecule has 0 aliphatic rings. The fourth-order valence-electron chi connectivity index (χ4n) is 3.75. The molecule has 0 atom stereocenters. The van der Waals surface area contributed by atoms with Crippen LogP contribution in [0.5, 0.6) is 0 Å². The summed E-state index contributed by atoms with van der Waals surface area (Å²) in [4.78, 5) is 25.6. The third-order valence-electron chi connectivity index (χ3n) is 5.15. The average Bonchev–Trinajstić information content (AvgIpc) is 3.00. The van der Waals surface area contributed by atoms with Crippen LogP contribution in [0.2, 0.25) is 0 Å². The summed E-state index contributed by atoms with van der Waals surface area (Å²) in [7, 11) is 1.83. The van der Waals surface area contributed by atoms with Crippen LogP contribution < -0.4 is 11.3 Å². The van der Waals surface area contributed by atoms with E-state index in [1.54, 1.807) is 15.4 Å². The number of aromatic nitrogens is 3. The Morgan fingerprint density at radius 3 is 2.26 bits per heavy atom. The molecule has 2 heterocycles. The van der Waals surface area contributed by atoms with Crippen LogP contribution in [-0.4, -0.2) is 19.8 Å². The van der Waals surface area contributed by atoms with E-state index in [9.17, 15) is 9.59 Å². The van der Waals surface area contributed by atoms with Gasteiger partial charge in [0.05, 0.1) is 16.8 Å². The Balaban J connectivity index is 2.40. The molecule has 0 radical (unpaired) electrons. The lowest BCUT2D eigenvalue weighted by Gasteiger charge is -2.07. The van der Waals surface area contributed by atoms with Crippen molar-refractivity contribution in [1.29, 1.82) is 0 Å². The fraction of sp³-hybridized carbons (Fsp3) is 0.238. The predicted molar refractivity (Wildman–Crippen MR) is 107 cm³/mol. The molecule has 0 bridgehead atoms. The van der Waals surface area contributed by atoms with Gasteiger partial charge in [0.1, 0.15) is 0 Å². The van der Waals surface area contributed by atoms with Crippen molar-refractivity contribution < 1.29 is 4.79 Å². The highest BCUT2D eigenvalue weighted by molar-refractivity contribution is 6.02. The van der Waals surface area contributed by atoms with Crippen molar-refractivity contribution in [3.63, 3.8) is 0 Å². The molecule has 6 heteroatoms.